The Morgan fingerprint density at radius 3 is 1.56 bits per heavy atom. The Labute approximate surface area is 156 Å². The molecular weight excluding hydrogens is 304 g/mol. The number of rotatable bonds is 16. The first kappa shape index (κ1) is 21.8. The van der Waals surface area contributed by atoms with Crippen molar-refractivity contribution in [1.82, 2.24) is 0 Å². The Balaban J connectivity index is 1.79. The summed E-state index contributed by atoms with van der Waals surface area (Å²) < 4.78 is 0. The van der Waals surface area contributed by atoms with Crippen molar-refractivity contribution in [3.63, 3.8) is 0 Å². The molecule has 0 atom stereocenters. The van der Waals surface area contributed by atoms with Gasteiger partial charge >= 0.3 is 0 Å². The highest BCUT2D eigenvalue weighted by Gasteiger charge is 1.94. The molecule has 1 rings (SSSR count). The lowest BCUT2D eigenvalue weighted by Crippen LogP contribution is -1.83. The Hall–Kier alpha value is -1.24. The number of allylic oxidation sites excluding steroid dienone is 1. The molecule has 0 amide bonds. The predicted octanol–water partition coefficient (Wildman–Crippen LogP) is 8.28. The summed E-state index contributed by atoms with van der Waals surface area (Å²) >= 11 is 0. The molecule has 0 heterocycles. The van der Waals surface area contributed by atoms with Crippen LogP contribution in [0.25, 0.3) is 6.08 Å². The van der Waals surface area contributed by atoms with Crippen LogP contribution in [0.2, 0.25) is 0 Å². The minimum Gasteiger partial charge on any atom is -0.508 e. The van der Waals surface area contributed by atoms with Gasteiger partial charge in [0.15, 0.2) is 0 Å². The third kappa shape index (κ3) is 13.7. The van der Waals surface area contributed by atoms with E-state index in [1.807, 2.05) is 12.1 Å². The monoisotopic (exact) mass is 344 g/mol. The Morgan fingerprint density at radius 2 is 1.08 bits per heavy atom. The van der Waals surface area contributed by atoms with Crippen molar-refractivity contribution in [1.29, 1.82) is 0 Å². The molecule has 1 heteroatoms. The summed E-state index contributed by atoms with van der Waals surface area (Å²) in [5.41, 5.74) is 1.17. The molecule has 0 unspecified atom stereocenters. The number of phenolic OH excluding ortho intramolecular Hbond substituents is 1. The van der Waals surface area contributed by atoms with E-state index in [1.165, 1.54) is 102 Å². The van der Waals surface area contributed by atoms with E-state index < -0.39 is 0 Å². The molecule has 1 aromatic rings. The number of unbranched alkanes of at least 4 members (excludes halogenated alkanes) is 14. The lowest BCUT2D eigenvalue weighted by molar-refractivity contribution is 0.475. The fourth-order valence-corrected chi connectivity index (χ4v) is 3.26. The maximum atomic E-state index is 9.25. The molecule has 0 radical (unpaired) electrons. The van der Waals surface area contributed by atoms with Crippen LogP contribution in [0.4, 0.5) is 0 Å². The molecule has 1 nitrogen and oxygen atoms in total. The van der Waals surface area contributed by atoms with Crippen LogP contribution in [0.3, 0.4) is 0 Å². The molecular formula is C24H40O. The summed E-state index contributed by atoms with van der Waals surface area (Å²) in [5, 5.41) is 9.25. The van der Waals surface area contributed by atoms with Gasteiger partial charge in [0.2, 0.25) is 0 Å². The molecule has 25 heavy (non-hydrogen) atoms. The third-order valence-corrected chi connectivity index (χ3v) is 4.93. The number of phenols is 1. The molecule has 0 saturated carbocycles. The van der Waals surface area contributed by atoms with Gasteiger partial charge < -0.3 is 5.11 Å². The highest BCUT2D eigenvalue weighted by molar-refractivity contribution is 5.50. The Kier molecular flexibility index (Phi) is 14.2. The van der Waals surface area contributed by atoms with Crippen molar-refractivity contribution >= 4 is 6.08 Å². The van der Waals surface area contributed by atoms with Crippen LogP contribution in [0, 0.1) is 0 Å². The molecule has 0 aromatic heterocycles. The zero-order valence-corrected chi connectivity index (χ0v) is 16.5. The number of benzene rings is 1. The van der Waals surface area contributed by atoms with E-state index in [9.17, 15) is 5.11 Å². The zero-order valence-electron chi connectivity index (χ0n) is 16.5. The minimum atomic E-state index is 0.337. The molecule has 1 aromatic carbocycles. The summed E-state index contributed by atoms with van der Waals surface area (Å²) in [5.74, 6) is 0.337. The maximum absolute atomic E-state index is 9.25. The summed E-state index contributed by atoms with van der Waals surface area (Å²) in [6.45, 7) is 2.29. The average molecular weight is 345 g/mol. The topological polar surface area (TPSA) is 20.2 Å². The molecule has 142 valence electrons. The maximum Gasteiger partial charge on any atom is 0.115 e. The Bertz CT molecular complexity index is 418. The quantitative estimate of drug-likeness (QED) is 0.299. The predicted molar refractivity (Wildman–Crippen MR) is 112 cm³/mol. The SMILES string of the molecule is CCCCCCCCCCCCCCCCC=Cc1ccc(O)cc1. The van der Waals surface area contributed by atoms with Gasteiger partial charge in [-0.3, -0.25) is 0 Å². The van der Waals surface area contributed by atoms with Crippen molar-refractivity contribution in [2.75, 3.05) is 0 Å². The van der Waals surface area contributed by atoms with E-state index in [4.69, 9.17) is 0 Å². The van der Waals surface area contributed by atoms with Gasteiger partial charge in [0.25, 0.3) is 0 Å². The first-order valence-electron chi connectivity index (χ1n) is 10.8. The summed E-state index contributed by atoms with van der Waals surface area (Å²) in [6.07, 6.45) is 25.4. The smallest absolute Gasteiger partial charge is 0.115 e. The Morgan fingerprint density at radius 1 is 0.640 bits per heavy atom. The minimum absolute atomic E-state index is 0.337. The van der Waals surface area contributed by atoms with Crippen molar-refractivity contribution < 1.29 is 5.11 Å². The second-order valence-corrected chi connectivity index (χ2v) is 7.38. The van der Waals surface area contributed by atoms with Crippen LogP contribution in [0.15, 0.2) is 30.3 Å². The van der Waals surface area contributed by atoms with Crippen LogP contribution in [0.5, 0.6) is 5.75 Å². The van der Waals surface area contributed by atoms with Crippen molar-refractivity contribution in [3.05, 3.63) is 35.9 Å². The molecule has 0 saturated heterocycles. The lowest BCUT2D eigenvalue weighted by Gasteiger charge is -2.02. The van der Waals surface area contributed by atoms with Crippen LogP contribution in [-0.2, 0) is 0 Å². The van der Waals surface area contributed by atoms with Gasteiger partial charge in [0, 0.05) is 0 Å². The molecule has 0 aliphatic rings. The van der Waals surface area contributed by atoms with Gasteiger partial charge in [-0.1, -0.05) is 115 Å². The van der Waals surface area contributed by atoms with Crippen LogP contribution >= 0.6 is 0 Å². The van der Waals surface area contributed by atoms with Crippen LogP contribution in [-0.4, -0.2) is 5.11 Å². The van der Waals surface area contributed by atoms with Crippen LogP contribution in [0.1, 0.15) is 109 Å². The zero-order chi connectivity index (χ0) is 18.0. The molecule has 0 fully saturated rings. The van der Waals surface area contributed by atoms with E-state index in [0.717, 1.165) is 0 Å². The van der Waals surface area contributed by atoms with Crippen molar-refractivity contribution in [3.8, 4) is 5.75 Å². The van der Waals surface area contributed by atoms with Gasteiger partial charge in [-0.15, -0.1) is 0 Å². The van der Waals surface area contributed by atoms with Crippen molar-refractivity contribution in [2.24, 2.45) is 0 Å². The standard InChI is InChI=1S/C24H40O/c1-2-3-4-5-6-7-8-9-10-11-12-13-14-15-16-17-18-23-19-21-24(25)22-20-23/h17-22,25H,2-16H2,1H3. The molecule has 0 aliphatic heterocycles. The van der Waals surface area contributed by atoms with Gasteiger partial charge in [0.05, 0.1) is 0 Å². The highest BCUT2D eigenvalue weighted by atomic mass is 16.3. The number of hydrogen-bond donors (Lipinski definition) is 1. The van der Waals surface area contributed by atoms with E-state index in [2.05, 4.69) is 19.1 Å². The van der Waals surface area contributed by atoms with E-state index in [-0.39, 0.29) is 0 Å². The highest BCUT2D eigenvalue weighted by Crippen LogP contribution is 2.14. The van der Waals surface area contributed by atoms with E-state index >= 15 is 0 Å². The largest absolute Gasteiger partial charge is 0.508 e. The molecule has 0 bridgehead atoms. The fourth-order valence-electron chi connectivity index (χ4n) is 3.26. The van der Waals surface area contributed by atoms with Gasteiger partial charge in [-0.05, 0) is 30.5 Å². The van der Waals surface area contributed by atoms with E-state index in [0.29, 0.717) is 5.75 Å². The lowest BCUT2D eigenvalue weighted by atomic mass is 10.0. The molecule has 0 spiro atoms. The first-order chi connectivity index (χ1) is 12.3. The molecule has 1 N–H and O–H groups in total. The third-order valence-electron chi connectivity index (χ3n) is 4.93. The normalized spacial score (nSPS) is 11.4. The second-order valence-electron chi connectivity index (χ2n) is 7.38. The summed E-state index contributed by atoms with van der Waals surface area (Å²) in [7, 11) is 0. The second kappa shape index (κ2) is 16.2. The van der Waals surface area contributed by atoms with Crippen LogP contribution < -0.4 is 0 Å². The first-order valence-corrected chi connectivity index (χ1v) is 10.8. The fraction of sp³-hybridized carbons (Fsp3) is 0.667. The van der Waals surface area contributed by atoms with Gasteiger partial charge in [-0.2, -0.15) is 0 Å². The summed E-state index contributed by atoms with van der Waals surface area (Å²) in [4.78, 5) is 0. The summed E-state index contributed by atoms with van der Waals surface area (Å²) in [6, 6.07) is 7.40. The van der Waals surface area contributed by atoms with E-state index in [1.54, 1.807) is 12.1 Å². The average Bonchev–Trinajstić information content (AvgIpc) is 2.63. The van der Waals surface area contributed by atoms with Gasteiger partial charge in [0.1, 0.15) is 5.75 Å². The molecule has 0 aliphatic carbocycles. The van der Waals surface area contributed by atoms with Crippen molar-refractivity contribution in [2.45, 2.75) is 103 Å². The number of aromatic hydroxyl groups is 1. The number of hydrogen-bond acceptors (Lipinski definition) is 1. The van der Waals surface area contributed by atoms with Gasteiger partial charge in [-0.25, -0.2) is 0 Å².